The highest BCUT2D eigenvalue weighted by atomic mass is 16.3. The SMILES string of the molecule is NC(=O)c1ccc(CNC(=O)c2ccc(-c3cc(NC4C(=O)C(=O)C4O)cc(-c4nn[nH]n4)c3)cc2)cc1. The zero-order valence-electron chi connectivity index (χ0n) is 19.7. The number of nitrogens with zero attached hydrogens (tertiary/aromatic N) is 3. The fourth-order valence-corrected chi connectivity index (χ4v) is 4.00. The number of aliphatic hydroxyl groups excluding tert-OH is 1. The lowest BCUT2D eigenvalue weighted by molar-refractivity contribution is -0.152. The molecule has 0 bridgehead atoms. The number of ketones is 2. The molecule has 0 spiro atoms. The molecule has 2 unspecified atom stereocenters. The van der Waals surface area contributed by atoms with E-state index in [2.05, 4.69) is 31.3 Å². The number of H-pyrrole nitrogens is 1. The number of primary amides is 1. The Labute approximate surface area is 215 Å². The minimum Gasteiger partial charge on any atom is -0.382 e. The molecule has 12 heteroatoms. The zero-order chi connectivity index (χ0) is 26.8. The highest BCUT2D eigenvalue weighted by molar-refractivity contribution is 6.49. The number of aliphatic hydroxyl groups is 1. The van der Waals surface area contributed by atoms with Crippen molar-refractivity contribution >= 4 is 29.1 Å². The standard InChI is InChI=1S/C26H21N7O5/c27-24(37)15-3-1-13(2-4-15)12-28-26(38)16-7-5-14(6-8-16)17-9-18(25-30-32-33-31-25)11-19(10-17)29-20-21(34)23(36)22(20)35/h1-11,20-21,29,34H,12H2,(H2,27,37)(H,28,38)(H,30,31,32,33). The van der Waals surface area contributed by atoms with Crippen molar-refractivity contribution in [1.82, 2.24) is 25.9 Å². The van der Waals surface area contributed by atoms with Gasteiger partial charge in [-0.05, 0) is 64.4 Å². The summed E-state index contributed by atoms with van der Waals surface area (Å²) in [4.78, 5) is 47.1. The number of hydrogen-bond donors (Lipinski definition) is 5. The fraction of sp³-hybridized carbons (Fsp3) is 0.115. The van der Waals surface area contributed by atoms with Crippen LogP contribution in [0.25, 0.3) is 22.5 Å². The molecule has 38 heavy (non-hydrogen) atoms. The molecule has 0 aliphatic heterocycles. The van der Waals surface area contributed by atoms with Crippen molar-refractivity contribution < 1.29 is 24.3 Å². The number of amides is 2. The number of tetrazole rings is 1. The quantitative estimate of drug-likeness (QED) is 0.213. The molecular formula is C26H21N7O5. The Morgan fingerprint density at radius 2 is 1.58 bits per heavy atom. The van der Waals surface area contributed by atoms with Gasteiger partial charge >= 0.3 is 0 Å². The highest BCUT2D eigenvalue weighted by Crippen LogP contribution is 2.30. The third kappa shape index (κ3) is 4.88. The number of Topliss-reactive ketones (excluding diaryl/α,β-unsaturated/α-hetero) is 2. The van der Waals surface area contributed by atoms with Crippen LogP contribution in [0.2, 0.25) is 0 Å². The smallest absolute Gasteiger partial charge is 0.251 e. The first-order valence-corrected chi connectivity index (χ1v) is 11.5. The Kier molecular flexibility index (Phi) is 6.46. The van der Waals surface area contributed by atoms with Crippen molar-refractivity contribution in [2.24, 2.45) is 5.73 Å². The van der Waals surface area contributed by atoms with Gasteiger partial charge < -0.3 is 21.5 Å². The molecule has 2 atom stereocenters. The molecule has 190 valence electrons. The van der Waals surface area contributed by atoms with Gasteiger partial charge in [-0.25, -0.2) is 0 Å². The van der Waals surface area contributed by atoms with E-state index < -0.39 is 29.6 Å². The van der Waals surface area contributed by atoms with E-state index in [4.69, 9.17) is 5.73 Å². The largest absolute Gasteiger partial charge is 0.382 e. The predicted molar refractivity (Wildman–Crippen MR) is 135 cm³/mol. The van der Waals surface area contributed by atoms with Gasteiger partial charge in [-0.2, -0.15) is 5.21 Å². The molecule has 0 radical (unpaired) electrons. The summed E-state index contributed by atoms with van der Waals surface area (Å²) in [6, 6.07) is 17.7. The first-order valence-electron chi connectivity index (χ1n) is 11.5. The number of anilines is 1. The lowest BCUT2D eigenvalue weighted by atomic mass is 9.85. The fourth-order valence-electron chi connectivity index (χ4n) is 4.00. The summed E-state index contributed by atoms with van der Waals surface area (Å²) < 4.78 is 0. The summed E-state index contributed by atoms with van der Waals surface area (Å²) in [5.41, 5.74) is 9.41. The van der Waals surface area contributed by atoms with Gasteiger partial charge in [-0.15, -0.1) is 10.2 Å². The topological polar surface area (TPSA) is 193 Å². The van der Waals surface area contributed by atoms with Gasteiger partial charge in [0.25, 0.3) is 5.91 Å². The van der Waals surface area contributed by atoms with E-state index in [0.29, 0.717) is 33.8 Å². The lowest BCUT2D eigenvalue weighted by Gasteiger charge is -2.30. The summed E-state index contributed by atoms with van der Waals surface area (Å²) >= 11 is 0. The highest BCUT2D eigenvalue weighted by Gasteiger charge is 2.48. The normalized spacial score (nSPS) is 16.6. The average molecular weight is 511 g/mol. The van der Waals surface area contributed by atoms with Crippen molar-refractivity contribution in [3.63, 3.8) is 0 Å². The van der Waals surface area contributed by atoms with Gasteiger partial charge in [-0.3, -0.25) is 19.2 Å². The second kappa shape index (κ2) is 10.0. The maximum absolute atomic E-state index is 12.6. The van der Waals surface area contributed by atoms with Gasteiger partial charge in [0.05, 0.1) is 0 Å². The summed E-state index contributed by atoms with van der Waals surface area (Å²) in [6.45, 7) is 0.273. The molecule has 1 aliphatic rings. The Bertz CT molecular complexity index is 1530. The predicted octanol–water partition coefficient (Wildman–Crippen LogP) is 0.856. The lowest BCUT2D eigenvalue weighted by Crippen LogP contribution is -2.61. The van der Waals surface area contributed by atoms with Crippen molar-refractivity contribution in [3.05, 3.63) is 83.4 Å². The molecule has 12 nitrogen and oxygen atoms in total. The molecule has 1 fully saturated rings. The molecule has 0 saturated heterocycles. The van der Waals surface area contributed by atoms with Gasteiger partial charge in [0.2, 0.25) is 23.3 Å². The van der Waals surface area contributed by atoms with Crippen LogP contribution < -0.4 is 16.4 Å². The molecule has 1 aliphatic carbocycles. The third-order valence-corrected chi connectivity index (χ3v) is 6.14. The Morgan fingerprint density at radius 1 is 0.895 bits per heavy atom. The summed E-state index contributed by atoms with van der Waals surface area (Å²) in [6.07, 6.45) is -1.40. The number of carbonyl (C=O) groups is 4. The molecule has 1 saturated carbocycles. The third-order valence-electron chi connectivity index (χ3n) is 6.14. The summed E-state index contributed by atoms with van der Waals surface area (Å²) in [5, 5.41) is 29.5. The monoisotopic (exact) mass is 511 g/mol. The maximum Gasteiger partial charge on any atom is 0.251 e. The number of nitrogens with two attached hydrogens (primary N) is 1. The zero-order valence-corrected chi connectivity index (χ0v) is 19.7. The van der Waals surface area contributed by atoms with Crippen molar-refractivity contribution in [3.8, 4) is 22.5 Å². The molecule has 5 rings (SSSR count). The minimum atomic E-state index is -1.40. The number of hydrogen-bond acceptors (Lipinski definition) is 9. The van der Waals surface area contributed by atoms with E-state index >= 15 is 0 Å². The van der Waals surface area contributed by atoms with Crippen LogP contribution in [0.15, 0.2) is 66.7 Å². The number of rotatable bonds is 8. The van der Waals surface area contributed by atoms with E-state index in [1.807, 2.05) is 6.07 Å². The average Bonchev–Trinajstić information content (AvgIpc) is 3.49. The molecule has 1 aromatic heterocycles. The van der Waals surface area contributed by atoms with E-state index in [-0.39, 0.29) is 12.5 Å². The molecule has 4 aromatic rings. The number of carbonyl (C=O) groups excluding carboxylic acids is 4. The second-order valence-electron chi connectivity index (χ2n) is 8.65. The molecular weight excluding hydrogens is 490 g/mol. The van der Waals surface area contributed by atoms with Crippen molar-refractivity contribution in [1.29, 1.82) is 0 Å². The van der Waals surface area contributed by atoms with Crippen LogP contribution >= 0.6 is 0 Å². The Balaban J connectivity index is 1.33. The van der Waals surface area contributed by atoms with E-state index in [0.717, 1.165) is 11.1 Å². The molecule has 1 heterocycles. The maximum atomic E-state index is 12.6. The number of benzene rings is 3. The first kappa shape index (κ1) is 24.5. The van der Waals surface area contributed by atoms with Gasteiger partial charge in [0, 0.05) is 28.9 Å². The van der Waals surface area contributed by atoms with Crippen LogP contribution in [-0.2, 0) is 16.1 Å². The van der Waals surface area contributed by atoms with Gasteiger partial charge in [0.1, 0.15) is 12.1 Å². The molecule has 3 aromatic carbocycles. The summed E-state index contributed by atoms with van der Waals surface area (Å²) in [7, 11) is 0. The minimum absolute atomic E-state index is 0.273. The van der Waals surface area contributed by atoms with Gasteiger partial charge in [0.15, 0.2) is 0 Å². The van der Waals surface area contributed by atoms with Gasteiger partial charge in [-0.1, -0.05) is 24.3 Å². The van der Waals surface area contributed by atoms with Crippen molar-refractivity contribution in [2.45, 2.75) is 18.7 Å². The number of nitrogens with one attached hydrogen (secondary N) is 3. The van der Waals surface area contributed by atoms with Crippen LogP contribution in [0.5, 0.6) is 0 Å². The van der Waals surface area contributed by atoms with E-state index in [1.54, 1.807) is 60.7 Å². The van der Waals surface area contributed by atoms with Crippen LogP contribution in [0, 0.1) is 0 Å². The second-order valence-corrected chi connectivity index (χ2v) is 8.65. The van der Waals surface area contributed by atoms with Crippen LogP contribution in [0.4, 0.5) is 5.69 Å². The van der Waals surface area contributed by atoms with Crippen molar-refractivity contribution in [2.75, 3.05) is 5.32 Å². The molecule has 6 N–H and O–H groups in total. The van der Waals surface area contributed by atoms with Crippen LogP contribution in [0.1, 0.15) is 26.3 Å². The number of aromatic nitrogens is 4. The van der Waals surface area contributed by atoms with E-state index in [9.17, 15) is 24.3 Å². The van der Waals surface area contributed by atoms with E-state index in [1.165, 1.54) is 0 Å². The first-order chi connectivity index (χ1) is 18.3. The number of aromatic amines is 1. The molecule has 2 amide bonds. The van der Waals surface area contributed by atoms with Crippen LogP contribution in [0.3, 0.4) is 0 Å². The Morgan fingerprint density at radius 3 is 2.21 bits per heavy atom. The summed E-state index contributed by atoms with van der Waals surface area (Å²) in [5.74, 6) is -2.00. The van der Waals surface area contributed by atoms with Crippen LogP contribution in [-0.4, -0.2) is 61.3 Å². The Hall–Kier alpha value is -5.23.